The Kier molecular flexibility index (Phi) is 5.39. The van der Waals surface area contributed by atoms with Crippen molar-refractivity contribution in [3.05, 3.63) is 78.4 Å². The smallest absolute Gasteiger partial charge is 0.248 e. The van der Waals surface area contributed by atoms with E-state index < -0.39 is 10.0 Å². The summed E-state index contributed by atoms with van der Waals surface area (Å²) in [5, 5.41) is 4.91. The van der Waals surface area contributed by atoms with Gasteiger partial charge in [-0.05, 0) is 46.7 Å². The number of sulfonamides is 1. The van der Waals surface area contributed by atoms with E-state index in [0.717, 1.165) is 20.6 Å². The Morgan fingerprint density at radius 1 is 0.926 bits per heavy atom. The summed E-state index contributed by atoms with van der Waals surface area (Å²) in [6.45, 7) is 0. The van der Waals surface area contributed by atoms with E-state index in [-0.39, 0.29) is 10.8 Å². The third kappa shape index (κ3) is 4.24. The summed E-state index contributed by atoms with van der Waals surface area (Å²) >= 11 is 0. The summed E-state index contributed by atoms with van der Waals surface area (Å²) in [6.07, 6.45) is 3.23. The van der Waals surface area contributed by atoms with Crippen molar-refractivity contribution >= 4 is 38.5 Å². The highest BCUT2D eigenvalue weighted by Gasteiger charge is 2.16. The van der Waals surface area contributed by atoms with E-state index in [9.17, 15) is 13.2 Å². The molecule has 0 aliphatic carbocycles. The maximum Gasteiger partial charge on any atom is 0.248 e. The molecule has 0 fully saturated rings. The zero-order valence-corrected chi connectivity index (χ0v) is 15.9. The number of nitrogens with zero attached hydrogens (tertiary/aromatic N) is 1. The summed E-state index contributed by atoms with van der Waals surface area (Å²) in [5.74, 6) is -0.286. The number of carbonyl (C=O) groups is 1. The summed E-state index contributed by atoms with van der Waals surface area (Å²) in [5.41, 5.74) is 1.48. The van der Waals surface area contributed by atoms with Crippen LogP contribution in [0.3, 0.4) is 0 Å². The van der Waals surface area contributed by atoms with E-state index >= 15 is 0 Å². The lowest BCUT2D eigenvalue weighted by molar-refractivity contribution is -0.111. The first-order valence-electron chi connectivity index (χ1n) is 8.37. The third-order valence-corrected chi connectivity index (χ3v) is 5.97. The fourth-order valence-corrected chi connectivity index (χ4v) is 3.57. The van der Waals surface area contributed by atoms with Crippen molar-refractivity contribution in [1.82, 2.24) is 4.31 Å². The normalized spacial score (nSPS) is 12.0. The highest BCUT2D eigenvalue weighted by atomic mass is 32.2. The minimum absolute atomic E-state index is 0.178. The molecule has 0 saturated heterocycles. The van der Waals surface area contributed by atoms with Gasteiger partial charge in [0.15, 0.2) is 0 Å². The van der Waals surface area contributed by atoms with Crippen LogP contribution in [-0.4, -0.2) is 32.7 Å². The molecule has 6 heteroatoms. The number of hydrogen-bond acceptors (Lipinski definition) is 3. The molecule has 0 aromatic heterocycles. The van der Waals surface area contributed by atoms with Gasteiger partial charge in [-0.25, -0.2) is 12.7 Å². The molecule has 0 aliphatic rings. The fraction of sp³-hybridized carbons (Fsp3) is 0.0952. The van der Waals surface area contributed by atoms with Crippen molar-refractivity contribution in [2.75, 3.05) is 19.4 Å². The van der Waals surface area contributed by atoms with Gasteiger partial charge in [0, 0.05) is 25.9 Å². The molecule has 0 radical (unpaired) electrons. The van der Waals surface area contributed by atoms with Crippen LogP contribution >= 0.6 is 0 Å². The highest BCUT2D eigenvalue weighted by molar-refractivity contribution is 7.89. The van der Waals surface area contributed by atoms with Gasteiger partial charge in [0.1, 0.15) is 0 Å². The molecule has 0 unspecified atom stereocenters. The molecule has 5 nitrogen and oxygen atoms in total. The quantitative estimate of drug-likeness (QED) is 0.686. The van der Waals surface area contributed by atoms with Crippen LogP contribution in [0.1, 0.15) is 5.56 Å². The Hall–Kier alpha value is -2.96. The number of fused-ring (bicyclic) bond motifs is 1. The van der Waals surface area contributed by atoms with Crippen molar-refractivity contribution in [1.29, 1.82) is 0 Å². The van der Waals surface area contributed by atoms with Crippen LogP contribution in [0.15, 0.2) is 77.7 Å². The Balaban J connectivity index is 1.73. The minimum Gasteiger partial charge on any atom is -0.323 e. The van der Waals surface area contributed by atoms with E-state index in [2.05, 4.69) is 5.32 Å². The molecule has 27 heavy (non-hydrogen) atoms. The van der Waals surface area contributed by atoms with Gasteiger partial charge in [0.25, 0.3) is 0 Å². The summed E-state index contributed by atoms with van der Waals surface area (Å²) in [4.78, 5) is 12.4. The van der Waals surface area contributed by atoms with E-state index in [4.69, 9.17) is 0 Å². The molecule has 0 bridgehead atoms. The van der Waals surface area contributed by atoms with Crippen LogP contribution in [0.2, 0.25) is 0 Å². The third-order valence-electron chi connectivity index (χ3n) is 4.14. The first-order chi connectivity index (χ1) is 12.9. The lowest BCUT2D eigenvalue weighted by Gasteiger charge is -2.11. The van der Waals surface area contributed by atoms with Gasteiger partial charge in [0.2, 0.25) is 15.9 Å². The number of hydrogen-bond donors (Lipinski definition) is 1. The van der Waals surface area contributed by atoms with E-state index in [1.54, 1.807) is 18.2 Å². The van der Waals surface area contributed by atoms with Gasteiger partial charge in [-0.15, -0.1) is 0 Å². The van der Waals surface area contributed by atoms with Crippen molar-refractivity contribution < 1.29 is 13.2 Å². The Labute approximate surface area is 159 Å². The Morgan fingerprint density at radius 2 is 1.59 bits per heavy atom. The number of amides is 1. The molecule has 0 spiro atoms. The minimum atomic E-state index is -3.48. The molecule has 0 atom stereocenters. The molecule has 1 amide bonds. The van der Waals surface area contributed by atoms with Gasteiger partial charge in [0.05, 0.1) is 4.90 Å². The van der Waals surface area contributed by atoms with Crippen molar-refractivity contribution in [2.45, 2.75) is 4.90 Å². The zero-order valence-electron chi connectivity index (χ0n) is 15.1. The molecule has 3 rings (SSSR count). The summed E-state index contributed by atoms with van der Waals surface area (Å²) < 4.78 is 25.3. The predicted octanol–water partition coefficient (Wildman–Crippen LogP) is 3.74. The number of nitrogens with one attached hydrogen (secondary N) is 1. The van der Waals surface area contributed by atoms with Gasteiger partial charge in [-0.1, -0.05) is 42.5 Å². The molecule has 138 valence electrons. The lowest BCUT2D eigenvalue weighted by Crippen LogP contribution is -2.22. The van der Waals surface area contributed by atoms with Crippen molar-refractivity contribution in [3.63, 3.8) is 0 Å². The van der Waals surface area contributed by atoms with Gasteiger partial charge < -0.3 is 5.32 Å². The SMILES string of the molecule is CN(C)S(=O)(=O)c1ccc(NC(=O)/C=C\c2cccc3ccccc23)cc1. The monoisotopic (exact) mass is 380 g/mol. The maximum absolute atomic E-state index is 12.2. The molecule has 1 N–H and O–H groups in total. The molecular formula is C21H20N2O3S. The van der Waals surface area contributed by atoms with Gasteiger partial charge >= 0.3 is 0 Å². The second-order valence-corrected chi connectivity index (χ2v) is 8.35. The molecule has 3 aromatic rings. The van der Waals surface area contributed by atoms with Crippen molar-refractivity contribution in [3.8, 4) is 0 Å². The molecule has 3 aromatic carbocycles. The topological polar surface area (TPSA) is 66.5 Å². The number of rotatable bonds is 5. The standard InChI is InChI=1S/C21H20N2O3S/c1-23(2)27(25,26)19-13-11-18(12-14-19)22-21(24)15-10-17-8-5-7-16-6-3-4-9-20(16)17/h3-15H,1-2H3,(H,22,24)/b15-10-. The second-order valence-electron chi connectivity index (χ2n) is 6.20. The predicted molar refractivity (Wildman–Crippen MR) is 109 cm³/mol. The molecular weight excluding hydrogens is 360 g/mol. The van der Waals surface area contributed by atoms with Crippen LogP contribution < -0.4 is 5.32 Å². The number of benzene rings is 3. The second kappa shape index (κ2) is 7.73. The molecule has 0 saturated carbocycles. The van der Waals surface area contributed by atoms with E-state index in [0.29, 0.717) is 5.69 Å². The Morgan fingerprint density at radius 3 is 2.30 bits per heavy atom. The first kappa shape index (κ1) is 18.8. The fourth-order valence-electron chi connectivity index (χ4n) is 2.67. The van der Waals surface area contributed by atoms with Gasteiger partial charge in [-0.2, -0.15) is 0 Å². The highest BCUT2D eigenvalue weighted by Crippen LogP contribution is 2.20. The van der Waals surface area contributed by atoms with E-state index in [1.165, 1.54) is 32.3 Å². The van der Waals surface area contributed by atoms with Crippen molar-refractivity contribution in [2.24, 2.45) is 0 Å². The summed E-state index contributed by atoms with van der Waals surface area (Å²) in [6, 6.07) is 20.0. The summed E-state index contributed by atoms with van der Waals surface area (Å²) in [7, 11) is -0.532. The van der Waals surface area contributed by atoms with E-state index in [1.807, 2.05) is 42.5 Å². The molecule has 0 heterocycles. The van der Waals surface area contributed by atoms with Crippen LogP contribution in [0.5, 0.6) is 0 Å². The van der Waals surface area contributed by atoms with Crippen LogP contribution in [0, 0.1) is 0 Å². The molecule has 0 aliphatic heterocycles. The van der Waals surface area contributed by atoms with Crippen LogP contribution in [0.4, 0.5) is 5.69 Å². The Bertz CT molecular complexity index is 1100. The lowest BCUT2D eigenvalue weighted by atomic mass is 10.0. The maximum atomic E-state index is 12.2. The first-order valence-corrected chi connectivity index (χ1v) is 9.81. The van der Waals surface area contributed by atoms with Crippen LogP contribution in [-0.2, 0) is 14.8 Å². The number of anilines is 1. The zero-order chi connectivity index (χ0) is 19.4. The average molecular weight is 380 g/mol. The van der Waals surface area contributed by atoms with Crippen LogP contribution in [0.25, 0.3) is 16.8 Å². The number of carbonyl (C=O) groups excluding carboxylic acids is 1. The van der Waals surface area contributed by atoms with Gasteiger partial charge in [-0.3, -0.25) is 4.79 Å². The largest absolute Gasteiger partial charge is 0.323 e. The average Bonchev–Trinajstić information content (AvgIpc) is 2.66.